The van der Waals surface area contributed by atoms with Gasteiger partial charge in [-0.15, -0.1) is 0 Å². The molecule has 21 heavy (non-hydrogen) atoms. The topological polar surface area (TPSA) is 54.9 Å². The van der Waals surface area contributed by atoms with E-state index in [0.717, 1.165) is 6.42 Å². The van der Waals surface area contributed by atoms with E-state index < -0.39 is 5.69 Å². The summed E-state index contributed by atoms with van der Waals surface area (Å²) in [6.45, 7) is 4.05. The van der Waals surface area contributed by atoms with Crippen LogP contribution in [0.1, 0.15) is 26.3 Å². The minimum Gasteiger partial charge on any atom is -0.297 e. The number of aromatic nitrogens is 2. The maximum Gasteiger partial charge on any atom is 0.329 e. The van der Waals surface area contributed by atoms with Crippen molar-refractivity contribution in [1.82, 2.24) is 9.55 Å². The van der Waals surface area contributed by atoms with E-state index >= 15 is 0 Å². The second-order valence-corrected chi connectivity index (χ2v) is 6.83. The third-order valence-electron chi connectivity index (χ3n) is 3.97. The average Bonchev–Trinajstić information content (AvgIpc) is 2.97. The maximum absolute atomic E-state index is 12.7. The number of nitrogens with one attached hydrogen (secondary N) is 1. The van der Waals surface area contributed by atoms with E-state index in [1.54, 1.807) is 24.3 Å². The Labute approximate surface area is 131 Å². The van der Waals surface area contributed by atoms with Crippen LogP contribution in [-0.4, -0.2) is 9.55 Å². The van der Waals surface area contributed by atoms with Gasteiger partial charge in [-0.2, -0.15) is 0 Å². The Morgan fingerprint density at radius 1 is 1.29 bits per heavy atom. The van der Waals surface area contributed by atoms with Crippen molar-refractivity contribution in [3.05, 3.63) is 55.3 Å². The Bertz CT molecular complexity index is 836. The van der Waals surface area contributed by atoms with Gasteiger partial charge in [0.2, 0.25) is 0 Å². The number of hydrogen-bond acceptors (Lipinski definition) is 2. The maximum atomic E-state index is 12.7. The number of H-pyrrole nitrogens is 1. The summed E-state index contributed by atoms with van der Waals surface area (Å²) < 4.78 is 1.27. The molecular formula is C15H14Cl2N2O2. The van der Waals surface area contributed by atoms with E-state index in [1.165, 1.54) is 4.57 Å². The van der Waals surface area contributed by atoms with E-state index in [0.29, 0.717) is 10.6 Å². The first-order valence-corrected chi connectivity index (χ1v) is 7.37. The highest BCUT2D eigenvalue weighted by molar-refractivity contribution is 6.32. The summed E-state index contributed by atoms with van der Waals surface area (Å²) in [5.41, 5.74) is -0.00800. The smallest absolute Gasteiger partial charge is 0.297 e. The molecule has 1 aliphatic carbocycles. The van der Waals surface area contributed by atoms with Gasteiger partial charge >= 0.3 is 5.69 Å². The fourth-order valence-corrected chi connectivity index (χ4v) is 3.04. The molecule has 1 aromatic carbocycles. The monoisotopic (exact) mass is 324 g/mol. The summed E-state index contributed by atoms with van der Waals surface area (Å²) in [4.78, 5) is 27.3. The lowest BCUT2D eigenvalue weighted by atomic mass is 10.1. The van der Waals surface area contributed by atoms with Crippen molar-refractivity contribution < 1.29 is 0 Å². The van der Waals surface area contributed by atoms with Gasteiger partial charge in [0.05, 0.1) is 5.56 Å². The van der Waals surface area contributed by atoms with Gasteiger partial charge in [0, 0.05) is 11.1 Å². The molecule has 0 spiro atoms. The van der Waals surface area contributed by atoms with Crippen LogP contribution in [0.5, 0.6) is 0 Å². The Morgan fingerprint density at radius 2 is 1.95 bits per heavy atom. The Kier molecular flexibility index (Phi) is 3.26. The number of hydrogen-bond donors (Lipinski definition) is 1. The van der Waals surface area contributed by atoms with Gasteiger partial charge < -0.3 is 0 Å². The summed E-state index contributed by atoms with van der Waals surface area (Å²) in [5, 5.41) is 0.550. The lowest BCUT2D eigenvalue weighted by molar-refractivity contribution is 0.514. The van der Waals surface area contributed by atoms with Crippen LogP contribution >= 0.6 is 23.2 Å². The van der Waals surface area contributed by atoms with Crippen molar-refractivity contribution in [2.24, 2.45) is 5.41 Å². The molecule has 1 unspecified atom stereocenters. The Balaban J connectivity index is 2.25. The molecule has 1 aromatic heterocycles. The molecule has 0 saturated heterocycles. The van der Waals surface area contributed by atoms with E-state index in [2.05, 4.69) is 4.98 Å². The van der Waals surface area contributed by atoms with Crippen LogP contribution in [0.15, 0.2) is 33.9 Å². The molecule has 2 aromatic rings. The highest BCUT2D eigenvalue weighted by Crippen LogP contribution is 2.54. The van der Waals surface area contributed by atoms with Crippen molar-refractivity contribution in [1.29, 1.82) is 0 Å². The minimum absolute atomic E-state index is 0.0435. The highest BCUT2D eigenvalue weighted by Gasteiger charge is 2.48. The summed E-state index contributed by atoms with van der Waals surface area (Å²) in [5.74, 6) is 0. The molecule has 0 aliphatic heterocycles. The summed E-state index contributed by atoms with van der Waals surface area (Å²) in [6.07, 6.45) is 0.798. The molecule has 0 bridgehead atoms. The zero-order valence-corrected chi connectivity index (χ0v) is 13.1. The fourth-order valence-electron chi connectivity index (χ4n) is 2.58. The SMILES string of the molecule is CC1(C)CC1n1c(=O)[nH]c(Cl)c(-c2cccc(Cl)c2)c1=O. The largest absolute Gasteiger partial charge is 0.329 e. The normalized spacial score (nSPS) is 19.5. The molecule has 1 heterocycles. The third-order valence-corrected chi connectivity index (χ3v) is 4.49. The van der Waals surface area contributed by atoms with E-state index in [1.807, 2.05) is 13.8 Å². The van der Waals surface area contributed by atoms with Crippen LogP contribution in [0.4, 0.5) is 0 Å². The second kappa shape index (κ2) is 4.75. The zero-order chi connectivity index (χ0) is 15.4. The van der Waals surface area contributed by atoms with Crippen LogP contribution in [0.3, 0.4) is 0 Å². The number of aromatic amines is 1. The van der Waals surface area contributed by atoms with Gasteiger partial charge in [-0.25, -0.2) is 4.79 Å². The Hall–Kier alpha value is -1.52. The van der Waals surface area contributed by atoms with E-state index in [4.69, 9.17) is 23.2 Å². The standard InChI is InChI=1S/C15H14Cl2N2O2/c1-15(2)7-10(15)19-13(20)11(12(17)18-14(19)21)8-4-3-5-9(16)6-8/h3-6,10H,7H2,1-2H3,(H,18,21). The molecule has 0 radical (unpaired) electrons. The first-order chi connectivity index (χ1) is 9.81. The Morgan fingerprint density at radius 3 is 2.52 bits per heavy atom. The van der Waals surface area contributed by atoms with Crippen molar-refractivity contribution >= 4 is 23.2 Å². The van der Waals surface area contributed by atoms with Crippen LogP contribution in [-0.2, 0) is 0 Å². The molecule has 1 atom stereocenters. The minimum atomic E-state index is -0.466. The van der Waals surface area contributed by atoms with E-state index in [9.17, 15) is 9.59 Å². The molecule has 1 fully saturated rings. The highest BCUT2D eigenvalue weighted by atomic mass is 35.5. The summed E-state index contributed by atoms with van der Waals surface area (Å²) in [7, 11) is 0. The van der Waals surface area contributed by atoms with Gasteiger partial charge in [-0.05, 0) is 29.5 Å². The van der Waals surface area contributed by atoms with Crippen LogP contribution in [0.25, 0.3) is 11.1 Å². The van der Waals surface area contributed by atoms with E-state index in [-0.39, 0.29) is 27.7 Å². The van der Waals surface area contributed by atoms with Gasteiger partial charge in [-0.3, -0.25) is 14.3 Å². The van der Waals surface area contributed by atoms with Gasteiger partial charge in [0.25, 0.3) is 5.56 Å². The average molecular weight is 325 g/mol. The predicted octanol–water partition coefficient (Wildman–Crippen LogP) is 3.48. The van der Waals surface area contributed by atoms with Crippen molar-refractivity contribution in [2.45, 2.75) is 26.3 Å². The quantitative estimate of drug-likeness (QED) is 0.860. The van der Waals surface area contributed by atoms with Crippen molar-refractivity contribution in [2.75, 3.05) is 0 Å². The lowest BCUT2D eigenvalue weighted by Gasteiger charge is -2.10. The van der Waals surface area contributed by atoms with Gasteiger partial charge in [0.15, 0.2) is 0 Å². The van der Waals surface area contributed by atoms with Gasteiger partial charge in [-0.1, -0.05) is 49.2 Å². The third kappa shape index (κ3) is 2.43. The molecule has 110 valence electrons. The first-order valence-electron chi connectivity index (χ1n) is 6.61. The molecular weight excluding hydrogens is 311 g/mol. The number of rotatable bonds is 2. The summed E-state index contributed by atoms with van der Waals surface area (Å²) >= 11 is 12.0. The zero-order valence-electron chi connectivity index (χ0n) is 11.6. The summed E-state index contributed by atoms with van der Waals surface area (Å²) in [6, 6.07) is 6.76. The molecule has 0 amide bonds. The number of nitrogens with zero attached hydrogens (tertiary/aromatic N) is 1. The van der Waals surface area contributed by atoms with Crippen LogP contribution < -0.4 is 11.2 Å². The molecule has 1 aliphatic rings. The van der Waals surface area contributed by atoms with Gasteiger partial charge in [0.1, 0.15) is 5.15 Å². The molecule has 1 N–H and O–H groups in total. The predicted molar refractivity (Wildman–Crippen MR) is 84.2 cm³/mol. The fraction of sp³-hybridized carbons (Fsp3) is 0.333. The van der Waals surface area contributed by atoms with Crippen molar-refractivity contribution in [3.8, 4) is 11.1 Å². The van der Waals surface area contributed by atoms with Crippen LogP contribution in [0.2, 0.25) is 10.2 Å². The number of halogens is 2. The second-order valence-electron chi connectivity index (χ2n) is 6.01. The first kappa shape index (κ1) is 14.4. The van der Waals surface area contributed by atoms with Crippen LogP contribution in [0, 0.1) is 5.41 Å². The number of benzene rings is 1. The lowest BCUT2D eigenvalue weighted by Crippen LogP contribution is -2.36. The van der Waals surface area contributed by atoms with Crippen molar-refractivity contribution in [3.63, 3.8) is 0 Å². The molecule has 1 saturated carbocycles. The molecule has 3 rings (SSSR count). The molecule has 4 nitrogen and oxygen atoms in total. The molecule has 6 heteroatoms.